The summed E-state index contributed by atoms with van der Waals surface area (Å²) < 4.78 is -0.177. The van der Waals surface area contributed by atoms with Gasteiger partial charge in [-0.25, -0.2) is 40.7 Å². The second-order valence-corrected chi connectivity index (χ2v) is 21.1. The molecule has 0 bridgehead atoms. The van der Waals surface area contributed by atoms with Crippen molar-refractivity contribution in [2.45, 2.75) is 13.8 Å². The Morgan fingerprint density at radius 3 is 1.40 bits per heavy atom. The van der Waals surface area contributed by atoms with Gasteiger partial charge in [0.1, 0.15) is 0 Å². The van der Waals surface area contributed by atoms with E-state index in [0.29, 0.717) is 0 Å². The lowest BCUT2D eigenvalue weighted by Gasteiger charge is -2.01. The smallest absolute Gasteiger partial charge is 0.282 e. The highest BCUT2D eigenvalue weighted by Gasteiger charge is 2.10. The SMILES string of the molecule is C.CC(=O)Cl.OON(C#CC#CC#CC#CC#CC#CC(I)(I)I)OO.[Cl][Al]([Cl])[Cl]. The van der Waals surface area contributed by atoms with Crippen LogP contribution in [0.4, 0.5) is 0 Å². The fourth-order valence-corrected chi connectivity index (χ4v) is 0.886. The van der Waals surface area contributed by atoms with E-state index < -0.39 is 11.4 Å². The largest absolute Gasteiger partial charge is 0.643 e. The number of nitrogens with zero attached hydrogens (tertiary/aromatic N) is 1. The number of carbonyl (C=O) groups excluding carboxylic acids is 1. The van der Waals surface area contributed by atoms with Crippen LogP contribution in [0.15, 0.2) is 0 Å². The first-order chi connectivity index (χ1) is 13.5. The number of alkyl halides is 3. The van der Waals surface area contributed by atoms with E-state index in [4.69, 9.17) is 40.7 Å². The summed E-state index contributed by atoms with van der Waals surface area (Å²) in [5.74, 6) is 27.2. The molecule has 0 unspecified atom stereocenters. The number of halogens is 7. The lowest BCUT2D eigenvalue weighted by atomic mass is 10.5. The van der Waals surface area contributed by atoms with Gasteiger partial charge in [0.25, 0.3) is 0 Å². The van der Waals surface area contributed by atoms with E-state index in [1.807, 2.05) is 6.04 Å². The van der Waals surface area contributed by atoms with E-state index >= 15 is 0 Å². The molecule has 0 aliphatic heterocycles. The van der Waals surface area contributed by atoms with Gasteiger partial charge in [-0.15, -0.1) is 0 Å². The second-order valence-electron chi connectivity index (χ2n) is 3.12. The average molecular weight is 845 g/mol. The van der Waals surface area contributed by atoms with Crippen molar-refractivity contribution < 1.29 is 25.3 Å². The molecule has 0 aromatic heterocycles. The Bertz CT molecular complexity index is 866. The van der Waals surface area contributed by atoms with Crippen molar-refractivity contribution in [3.05, 3.63) is 0 Å². The van der Waals surface area contributed by atoms with Crippen molar-refractivity contribution in [1.29, 1.82) is 0 Å². The van der Waals surface area contributed by atoms with Crippen LogP contribution in [0.3, 0.4) is 0 Å². The van der Waals surface area contributed by atoms with Gasteiger partial charge in [-0.1, -0.05) is 17.4 Å². The van der Waals surface area contributed by atoms with Crippen molar-refractivity contribution in [2.75, 3.05) is 0 Å². The molecule has 2 N–H and O–H groups in total. The van der Waals surface area contributed by atoms with Crippen molar-refractivity contribution in [3.63, 3.8) is 0 Å². The van der Waals surface area contributed by atoms with Crippen molar-refractivity contribution in [1.82, 2.24) is 5.23 Å². The quantitative estimate of drug-likeness (QED) is 0.0588. The van der Waals surface area contributed by atoms with E-state index in [2.05, 4.69) is 154 Å². The highest BCUT2D eigenvalue weighted by Crippen LogP contribution is 2.34. The standard InChI is InChI=1S/C13H2I3NO4.C2H3ClO.CH4.Al.3ClH/c14-13(15,16)11-9-7-5-3-1-2-4-6-8-10-12-17(20-18)21-19;1-2(3)4;;;;;/h18-19H;1H3;1H4;;3*1H/q;;;+3;;;/p-3. The number of rotatable bonds is 2. The van der Waals surface area contributed by atoms with Gasteiger partial charge < -0.3 is 0 Å². The third kappa shape index (κ3) is 51.3. The van der Waals surface area contributed by atoms with Gasteiger partial charge in [-0.05, 0) is 120 Å². The van der Waals surface area contributed by atoms with Crippen LogP contribution in [-0.2, 0) is 14.8 Å². The van der Waals surface area contributed by atoms with Crippen molar-refractivity contribution >= 4 is 126 Å². The molecule has 0 aromatic carbocycles. The third-order valence-electron chi connectivity index (χ3n) is 1.06. The minimum atomic E-state index is -1.72. The number of hydrogen-bond donors (Lipinski definition) is 2. The third-order valence-corrected chi connectivity index (χ3v) is 1.87. The molecule has 0 aromatic rings. The number of hydroxylamine groups is 2. The van der Waals surface area contributed by atoms with E-state index in [-0.39, 0.29) is 17.3 Å². The predicted molar refractivity (Wildman–Crippen MR) is 147 cm³/mol. The zero-order chi connectivity index (χ0) is 23.1. The second kappa shape index (κ2) is 27.6. The van der Waals surface area contributed by atoms with Crippen LogP contribution in [0.2, 0.25) is 0 Å². The predicted octanol–water partition coefficient (Wildman–Crippen LogP) is 5.13. The van der Waals surface area contributed by atoms with Crippen molar-refractivity contribution in [2.24, 2.45) is 0 Å². The summed E-state index contributed by atoms with van der Waals surface area (Å²) in [4.78, 5) is 16.1. The normalized spacial score (nSPS) is 6.87. The highest BCUT2D eigenvalue weighted by atomic mass is 127. The molecule has 0 spiro atoms. The van der Waals surface area contributed by atoms with Gasteiger partial charge in [0.05, 0.1) is 6.04 Å². The van der Waals surface area contributed by atoms with E-state index in [1.54, 1.807) is 0 Å². The molecule has 0 fully saturated rings. The van der Waals surface area contributed by atoms with Crippen LogP contribution in [0, 0.1) is 71.2 Å². The Kier molecular flexibility index (Phi) is 34.8. The summed E-state index contributed by atoms with van der Waals surface area (Å²) in [6.07, 6.45) is 0. The number of hydrogen-bond acceptors (Lipinski definition) is 6. The Balaban J connectivity index is -0.000000319. The van der Waals surface area contributed by atoms with E-state index in [9.17, 15) is 4.79 Å². The van der Waals surface area contributed by atoms with Crippen LogP contribution in [0.25, 0.3) is 0 Å². The zero-order valence-corrected chi connectivity index (χ0v) is 24.4. The maximum absolute atomic E-state index is 9.21. The van der Waals surface area contributed by atoms with Gasteiger partial charge in [0, 0.05) is 36.5 Å². The van der Waals surface area contributed by atoms with Crippen LogP contribution >= 0.6 is 110 Å². The summed E-state index contributed by atoms with van der Waals surface area (Å²) in [6, 6.07) is 1.98. The molecule has 0 saturated heterocycles. The maximum atomic E-state index is 9.21. The Hall–Kier alpha value is 0.552. The van der Waals surface area contributed by atoms with Gasteiger partial charge in [-0.3, -0.25) is 4.79 Å². The molecule has 6 nitrogen and oxygen atoms in total. The molecule has 0 atom stereocenters. The zero-order valence-electron chi connectivity index (χ0n) is 13.8. The van der Waals surface area contributed by atoms with Gasteiger partial charge >= 0.3 is 11.4 Å². The molecule has 0 aliphatic carbocycles. The summed E-state index contributed by atoms with van der Waals surface area (Å²) in [5, 5.41) is 15.8. The first kappa shape index (κ1) is 37.8. The molecule has 0 rings (SSSR count). The first-order valence-electron chi connectivity index (χ1n) is 6.07. The molecule has 0 amide bonds. The fraction of sp³-hybridized carbons (Fsp3) is 0.188. The molecular formula is C16H9AlCl4I3NO5. The lowest BCUT2D eigenvalue weighted by molar-refractivity contribution is -0.559. The summed E-state index contributed by atoms with van der Waals surface area (Å²) in [7, 11) is 14.8. The Morgan fingerprint density at radius 2 is 1.13 bits per heavy atom. The molecular weight excluding hydrogens is 836 g/mol. The monoisotopic (exact) mass is 843 g/mol. The first-order valence-corrected chi connectivity index (χ1v) is 14.9. The van der Waals surface area contributed by atoms with Gasteiger partial charge in [-0.2, -0.15) is 0 Å². The highest BCUT2D eigenvalue weighted by molar-refractivity contribution is 14.3. The minimum Gasteiger partial charge on any atom is -0.282 e. The van der Waals surface area contributed by atoms with Crippen molar-refractivity contribution in [3.8, 4) is 71.2 Å². The van der Waals surface area contributed by atoms with Crippen LogP contribution in [0.1, 0.15) is 14.4 Å². The topological polar surface area (TPSA) is 79.2 Å². The van der Waals surface area contributed by atoms with Gasteiger partial charge in [0.2, 0.25) is 5.24 Å². The number of carbonyl (C=O) groups is 1. The molecule has 14 heteroatoms. The summed E-state index contributed by atoms with van der Waals surface area (Å²) in [5.41, 5.74) is 0. The Labute approximate surface area is 238 Å². The molecule has 30 heavy (non-hydrogen) atoms. The fourth-order valence-electron chi connectivity index (χ4n) is 0.481. The molecule has 160 valence electrons. The van der Waals surface area contributed by atoms with Crippen LogP contribution in [-0.4, -0.2) is 31.8 Å². The minimum absolute atomic E-state index is 0. The maximum Gasteiger partial charge on any atom is 0.643 e. The molecule has 0 radical (unpaired) electrons. The van der Waals surface area contributed by atoms with Gasteiger partial charge in [0.15, 0.2) is -0.565 Å². The molecule has 0 saturated carbocycles. The van der Waals surface area contributed by atoms with E-state index in [0.717, 1.165) is 0 Å². The summed E-state index contributed by atoms with van der Waals surface area (Å²) in [6.45, 7) is 1.29. The lowest BCUT2D eigenvalue weighted by Crippen LogP contribution is -2.14. The molecule has 0 heterocycles. The van der Waals surface area contributed by atoms with E-state index in [1.165, 1.54) is 6.92 Å². The summed E-state index contributed by atoms with van der Waals surface area (Å²) >= 11 is 9.44. The average Bonchev–Trinajstić information content (AvgIpc) is 2.57. The van der Waals surface area contributed by atoms with Crippen LogP contribution in [0.5, 0.6) is 0 Å². The Morgan fingerprint density at radius 1 is 0.867 bits per heavy atom. The van der Waals surface area contributed by atoms with Crippen LogP contribution < -0.4 is 0 Å². The molecule has 0 aliphatic rings.